The number of amides is 2. The monoisotopic (exact) mass is 432 g/mol. The molecule has 158 valence electrons. The van der Waals surface area contributed by atoms with Crippen molar-refractivity contribution in [1.82, 2.24) is 0 Å². The lowest BCUT2D eigenvalue weighted by molar-refractivity contribution is -0.122. The highest BCUT2D eigenvalue weighted by Gasteiger charge is 2.36. The normalized spacial score (nSPS) is 18.0. The highest BCUT2D eigenvalue weighted by atomic mass is 32.2. The quantitative estimate of drug-likeness (QED) is 0.692. The lowest BCUT2D eigenvalue weighted by Crippen LogP contribution is -2.28. The van der Waals surface area contributed by atoms with E-state index in [9.17, 15) is 23.1 Å². The van der Waals surface area contributed by atoms with Gasteiger partial charge in [-0.3, -0.25) is 9.59 Å². The van der Waals surface area contributed by atoms with Crippen molar-refractivity contribution in [2.24, 2.45) is 5.92 Å². The minimum absolute atomic E-state index is 0.00239. The van der Waals surface area contributed by atoms with E-state index in [1.807, 2.05) is 0 Å². The van der Waals surface area contributed by atoms with Crippen molar-refractivity contribution >= 4 is 33.0 Å². The van der Waals surface area contributed by atoms with Crippen LogP contribution in [0.3, 0.4) is 0 Å². The number of nitrogens with zero attached hydrogens (tertiary/aromatic N) is 1. The molecule has 2 aliphatic heterocycles. The van der Waals surface area contributed by atoms with Crippen LogP contribution in [0.2, 0.25) is 0 Å². The van der Waals surface area contributed by atoms with Gasteiger partial charge >= 0.3 is 0 Å². The molecule has 2 aromatic rings. The Balaban J connectivity index is 1.50. The number of nitrogens with one attached hydrogen (secondary N) is 1. The van der Waals surface area contributed by atoms with Gasteiger partial charge in [-0.1, -0.05) is 6.92 Å². The lowest BCUT2D eigenvalue weighted by Gasteiger charge is -2.17. The van der Waals surface area contributed by atoms with Gasteiger partial charge in [0.25, 0.3) is 0 Å². The fourth-order valence-corrected chi connectivity index (χ4v) is 4.30. The summed E-state index contributed by atoms with van der Waals surface area (Å²) in [4.78, 5) is 26.7. The number of ether oxygens (including phenoxy) is 2. The summed E-state index contributed by atoms with van der Waals surface area (Å²) in [5.41, 5.74) is 0.585. The van der Waals surface area contributed by atoms with Crippen LogP contribution in [0.4, 0.5) is 11.4 Å². The smallest absolute Gasteiger partial charge is 0.231 e. The summed E-state index contributed by atoms with van der Waals surface area (Å²) in [5.74, 6) is -0.589. The van der Waals surface area contributed by atoms with Gasteiger partial charge in [-0.2, -0.15) is 0 Å². The van der Waals surface area contributed by atoms with E-state index in [4.69, 9.17) is 9.47 Å². The summed E-state index contributed by atoms with van der Waals surface area (Å²) in [6, 6.07) is 8.83. The Hall–Kier alpha value is -3.27. The minimum Gasteiger partial charge on any atom is -0.506 e. The summed E-state index contributed by atoms with van der Waals surface area (Å²) < 4.78 is 34.7. The number of hydrogen-bond donors (Lipinski definition) is 2. The van der Waals surface area contributed by atoms with Crippen LogP contribution in [-0.4, -0.2) is 44.4 Å². The highest BCUT2D eigenvalue weighted by molar-refractivity contribution is 7.91. The molecule has 0 radical (unpaired) electrons. The molecule has 2 aliphatic rings. The van der Waals surface area contributed by atoms with Gasteiger partial charge in [0, 0.05) is 24.7 Å². The first-order valence-corrected chi connectivity index (χ1v) is 11.0. The standard InChI is InChI=1S/C20H20N2O7S/c1-2-30(26,27)14-4-5-16(23)15(9-14)21-20(25)12-7-19(24)22(10-12)13-3-6-17-18(8-13)29-11-28-17/h3-6,8-9,12,23H,2,7,10-11H2,1H3,(H,21,25). The Labute approximate surface area is 173 Å². The molecular formula is C20H20N2O7S. The number of benzene rings is 2. The molecule has 1 unspecified atom stereocenters. The third-order valence-electron chi connectivity index (χ3n) is 5.13. The van der Waals surface area contributed by atoms with Gasteiger partial charge in [0.1, 0.15) is 5.75 Å². The van der Waals surface area contributed by atoms with Crippen molar-refractivity contribution in [3.63, 3.8) is 0 Å². The van der Waals surface area contributed by atoms with Crippen LogP contribution in [0.5, 0.6) is 17.2 Å². The topological polar surface area (TPSA) is 122 Å². The number of rotatable bonds is 5. The second-order valence-corrected chi connectivity index (χ2v) is 9.29. The molecule has 2 amide bonds. The zero-order valence-corrected chi connectivity index (χ0v) is 16.9. The Kier molecular flexibility index (Phi) is 5.02. The molecule has 1 atom stereocenters. The predicted octanol–water partition coefficient (Wildman–Crippen LogP) is 1.91. The maximum atomic E-state index is 12.7. The van der Waals surface area contributed by atoms with E-state index in [2.05, 4.69) is 5.32 Å². The number of hydrogen-bond acceptors (Lipinski definition) is 7. The molecule has 1 saturated heterocycles. The van der Waals surface area contributed by atoms with Crippen LogP contribution in [0, 0.1) is 5.92 Å². The average Bonchev–Trinajstić information content (AvgIpc) is 3.35. The number of anilines is 2. The van der Waals surface area contributed by atoms with Crippen LogP contribution in [0.25, 0.3) is 0 Å². The molecule has 2 N–H and O–H groups in total. The fraction of sp³-hybridized carbons (Fsp3) is 0.300. The zero-order chi connectivity index (χ0) is 21.5. The third-order valence-corrected chi connectivity index (χ3v) is 6.86. The summed E-state index contributed by atoms with van der Waals surface area (Å²) in [7, 11) is -3.50. The second-order valence-electron chi connectivity index (χ2n) is 7.01. The maximum absolute atomic E-state index is 12.7. The van der Waals surface area contributed by atoms with Gasteiger partial charge in [0.15, 0.2) is 21.3 Å². The SMILES string of the molecule is CCS(=O)(=O)c1ccc(O)c(NC(=O)C2CC(=O)N(c3ccc4c(c3)OCO4)C2)c1. The van der Waals surface area contributed by atoms with E-state index in [1.54, 1.807) is 18.2 Å². The molecule has 4 rings (SSSR count). The molecule has 0 saturated carbocycles. The molecule has 0 aromatic heterocycles. The number of fused-ring (bicyclic) bond motifs is 1. The number of sulfone groups is 1. The van der Waals surface area contributed by atoms with E-state index in [-0.39, 0.29) is 47.8 Å². The molecule has 0 spiro atoms. The first-order chi connectivity index (χ1) is 14.3. The van der Waals surface area contributed by atoms with Gasteiger partial charge < -0.3 is 24.8 Å². The number of carbonyl (C=O) groups is 2. The predicted molar refractivity (Wildman–Crippen MR) is 107 cm³/mol. The van der Waals surface area contributed by atoms with Crippen LogP contribution < -0.4 is 19.7 Å². The Bertz CT molecular complexity index is 1130. The lowest BCUT2D eigenvalue weighted by atomic mass is 10.1. The first-order valence-electron chi connectivity index (χ1n) is 9.35. The number of phenolic OH excluding ortho intramolecular Hbond substituents is 1. The van der Waals surface area contributed by atoms with Crippen molar-refractivity contribution in [3.8, 4) is 17.2 Å². The molecule has 0 aliphatic carbocycles. The summed E-state index contributed by atoms with van der Waals surface area (Å²) in [6.07, 6.45) is -0.00597. The molecule has 30 heavy (non-hydrogen) atoms. The molecule has 10 heteroatoms. The Morgan fingerprint density at radius 1 is 1.20 bits per heavy atom. The Morgan fingerprint density at radius 2 is 1.97 bits per heavy atom. The largest absolute Gasteiger partial charge is 0.506 e. The molecule has 2 aromatic carbocycles. The number of phenols is 1. The van der Waals surface area contributed by atoms with Crippen LogP contribution in [0.1, 0.15) is 13.3 Å². The van der Waals surface area contributed by atoms with Crippen LogP contribution >= 0.6 is 0 Å². The van der Waals surface area contributed by atoms with Gasteiger partial charge in [-0.15, -0.1) is 0 Å². The van der Waals surface area contributed by atoms with E-state index >= 15 is 0 Å². The van der Waals surface area contributed by atoms with Crippen molar-refractivity contribution in [3.05, 3.63) is 36.4 Å². The van der Waals surface area contributed by atoms with E-state index in [1.165, 1.54) is 30.0 Å². The molecule has 2 heterocycles. The van der Waals surface area contributed by atoms with Crippen molar-refractivity contribution in [1.29, 1.82) is 0 Å². The summed E-state index contributed by atoms with van der Waals surface area (Å²) in [5, 5.41) is 12.6. The van der Waals surface area contributed by atoms with E-state index in [0.29, 0.717) is 17.2 Å². The molecular weight excluding hydrogens is 412 g/mol. The van der Waals surface area contributed by atoms with Gasteiger partial charge in [0.2, 0.25) is 18.6 Å². The average molecular weight is 432 g/mol. The molecule has 1 fully saturated rings. The van der Waals surface area contributed by atoms with Crippen molar-refractivity contribution in [2.45, 2.75) is 18.2 Å². The van der Waals surface area contributed by atoms with Crippen LogP contribution in [-0.2, 0) is 19.4 Å². The van der Waals surface area contributed by atoms with Crippen molar-refractivity contribution < 1.29 is 32.6 Å². The zero-order valence-electron chi connectivity index (χ0n) is 16.1. The minimum atomic E-state index is -3.50. The second kappa shape index (κ2) is 7.52. The molecule has 9 nitrogen and oxygen atoms in total. The van der Waals surface area contributed by atoms with E-state index in [0.717, 1.165) is 0 Å². The summed E-state index contributed by atoms with van der Waals surface area (Å²) >= 11 is 0. The molecule has 0 bridgehead atoms. The summed E-state index contributed by atoms with van der Waals surface area (Å²) in [6.45, 7) is 1.78. The maximum Gasteiger partial charge on any atom is 0.231 e. The first kappa shape index (κ1) is 20.0. The Morgan fingerprint density at radius 3 is 2.73 bits per heavy atom. The third kappa shape index (κ3) is 3.65. The van der Waals surface area contributed by atoms with Crippen molar-refractivity contribution in [2.75, 3.05) is 29.3 Å². The number of carbonyl (C=O) groups excluding carboxylic acids is 2. The van der Waals surface area contributed by atoms with Gasteiger partial charge in [-0.25, -0.2) is 8.42 Å². The van der Waals surface area contributed by atoms with Gasteiger partial charge in [-0.05, 0) is 30.3 Å². The van der Waals surface area contributed by atoms with Gasteiger partial charge in [0.05, 0.1) is 22.3 Å². The van der Waals surface area contributed by atoms with Crippen LogP contribution in [0.15, 0.2) is 41.3 Å². The number of aromatic hydroxyl groups is 1. The highest BCUT2D eigenvalue weighted by Crippen LogP contribution is 2.37. The van der Waals surface area contributed by atoms with E-state index < -0.39 is 21.7 Å². The fourth-order valence-electron chi connectivity index (χ4n) is 3.40.